The zero-order valence-corrected chi connectivity index (χ0v) is 10.3. The summed E-state index contributed by atoms with van der Waals surface area (Å²) in [5.74, 6) is -4.45. The van der Waals surface area contributed by atoms with Crippen LogP contribution in [0, 0.1) is 17.7 Å². The maximum atomic E-state index is 13.5. The van der Waals surface area contributed by atoms with Crippen molar-refractivity contribution in [2.24, 2.45) is 11.8 Å². The first-order valence-corrected chi connectivity index (χ1v) is 6.18. The highest BCUT2D eigenvalue weighted by molar-refractivity contribution is 5.96. The second-order valence-electron chi connectivity index (χ2n) is 4.79. The summed E-state index contributed by atoms with van der Waals surface area (Å²) in [6.45, 7) is 0. The van der Waals surface area contributed by atoms with Crippen LogP contribution in [0.2, 0.25) is 0 Å². The summed E-state index contributed by atoms with van der Waals surface area (Å²) in [6.07, 6.45) is 2.00. The molecule has 1 N–H and O–H groups in total. The Balaban J connectivity index is 1.82. The Morgan fingerprint density at radius 1 is 1.15 bits per heavy atom. The fraction of sp³-hybridized carbons (Fsp3) is 0.286. The third-order valence-corrected chi connectivity index (χ3v) is 3.61. The van der Waals surface area contributed by atoms with Gasteiger partial charge in [-0.3, -0.25) is 4.79 Å². The molecule has 1 amide bonds. The quantitative estimate of drug-likeness (QED) is 0.793. The monoisotopic (exact) mass is 276 g/mol. The molecule has 1 aromatic carbocycles. The number of nitrogens with one attached hydrogen (secondary N) is 1. The average Bonchev–Trinajstić information content (AvgIpc) is 3.01. The molecule has 0 aliphatic carbocycles. The Kier molecular flexibility index (Phi) is 3.02. The highest BCUT2D eigenvalue weighted by atomic mass is 19.1. The number of carboxylic acids is 1. The molecular weight excluding hydrogens is 265 g/mol. The molecule has 1 aromatic rings. The molecule has 2 aliphatic heterocycles. The summed E-state index contributed by atoms with van der Waals surface area (Å²) in [5, 5.41) is 13.5. The Hall–Kier alpha value is -2.21. The lowest BCUT2D eigenvalue weighted by atomic mass is 9.82. The van der Waals surface area contributed by atoms with E-state index >= 15 is 0 Å². The van der Waals surface area contributed by atoms with Gasteiger partial charge >= 0.3 is 0 Å². The summed E-state index contributed by atoms with van der Waals surface area (Å²) in [6, 6.07) is 5.69. The molecule has 4 atom stereocenters. The number of benzene rings is 1. The number of ether oxygens (including phenoxy) is 1. The molecule has 2 aliphatic rings. The average molecular weight is 276 g/mol. The number of amides is 1. The minimum absolute atomic E-state index is 0.0151. The van der Waals surface area contributed by atoms with Crippen molar-refractivity contribution in [3.8, 4) is 0 Å². The summed E-state index contributed by atoms with van der Waals surface area (Å²) in [5.41, 5.74) is 0.0151. The van der Waals surface area contributed by atoms with Crippen LogP contribution in [0.3, 0.4) is 0 Å². The van der Waals surface area contributed by atoms with Gasteiger partial charge in [0.2, 0.25) is 5.91 Å². The number of aliphatic carboxylic acids is 1. The lowest BCUT2D eigenvalue weighted by Crippen LogP contribution is -2.45. The fourth-order valence-electron chi connectivity index (χ4n) is 2.68. The van der Waals surface area contributed by atoms with Crippen LogP contribution in [0.4, 0.5) is 10.1 Å². The van der Waals surface area contributed by atoms with E-state index in [1.54, 1.807) is 18.2 Å². The van der Waals surface area contributed by atoms with Gasteiger partial charge in [0.25, 0.3) is 0 Å². The predicted octanol–water partition coefficient (Wildman–Crippen LogP) is 0.0837. The van der Waals surface area contributed by atoms with E-state index in [0.717, 1.165) is 0 Å². The highest BCUT2D eigenvalue weighted by Crippen LogP contribution is 2.39. The number of fused-ring (bicyclic) bond motifs is 2. The molecule has 3 rings (SSSR count). The third kappa shape index (κ3) is 1.98. The van der Waals surface area contributed by atoms with Gasteiger partial charge < -0.3 is 20.0 Å². The van der Waals surface area contributed by atoms with Crippen LogP contribution in [-0.4, -0.2) is 24.1 Å². The van der Waals surface area contributed by atoms with Gasteiger partial charge in [0.1, 0.15) is 5.82 Å². The Morgan fingerprint density at radius 3 is 2.45 bits per heavy atom. The van der Waals surface area contributed by atoms with E-state index in [1.165, 1.54) is 18.2 Å². The molecule has 0 unspecified atom stereocenters. The van der Waals surface area contributed by atoms with Crippen molar-refractivity contribution in [3.05, 3.63) is 42.2 Å². The van der Waals surface area contributed by atoms with Crippen molar-refractivity contribution < 1.29 is 23.8 Å². The van der Waals surface area contributed by atoms with E-state index < -0.39 is 41.7 Å². The SMILES string of the molecule is O=C([O-])[C@@H]1[C@H](C(=O)Nc2ccccc2F)[C@H]2C=C[C@@H]1O2. The van der Waals surface area contributed by atoms with E-state index in [1.807, 2.05) is 0 Å². The van der Waals surface area contributed by atoms with Crippen LogP contribution in [0.1, 0.15) is 0 Å². The van der Waals surface area contributed by atoms with Crippen molar-refractivity contribution in [3.63, 3.8) is 0 Å². The Labute approximate surface area is 114 Å². The molecule has 5 nitrogen and oxygen atoms in total. The Bertz CT molecular complexity index is 601. The topological polar surface area (TPSA) is 78.5 Å². The van der Waals surface area contributed by atoms with Gasteiger partial charge in [-0.1, -0.05) is 24.3 Å². The maximum Gasteiger partial charge on any atom is 0.231 e. The van der Waals surface area contributed by atoms with Gasteiger partial charge in [-0.25, -0.2) is 4.39 Å². The van der Waals surface area contributed by atoms with Crippen LogP contribution >= 0.6 is 0 Å². The third-order valence-electron chi connectivity index (χ3n) is 3.61. The first-order valence-electron chi connectivity index (χ1n) is 6.18. The maximum absolute atomic E-state index is 13.5. The second-order valence-corrected chi connectivity index (χ2v) is 4.79. The molecule has 0 radical (unpaired) electrons. The van der Waals surface area contributed by atoms with Gasteiger partial charge in [-0.2, -0.15) is 0 Å². The molecule has 1 fully saturated rings. The number of para-hydroxylation sites is 1. The van der Waals surface area contributed by atoms with Crippen LogP contribution in [0.25, 0.3) is 0 Å². The van der Waals surface area contributed by atoms with Gasteiger partial charge in [0, 0.05) is 11.9 Å². The summed E-state index contributed by atoms with van der Waals surface area (Å²) in [7, 11) is 0. The van der Waals surface area contributed by atoms with Crippen molar-refractivity contribution >= 4 is 17.6 Å². The lowest BCUT2D eigenvalue weighted by molar-refractivity contribution is -0.313. The van der Waals surface area contributed by atoms with Crippen LogP contribution in [-0.2, 0) is 14.3 Å². The molecule has 2 bridgehead atoms. The van der Waals surface area contributed by atoms with Crippen LogP contribution in [0.15, 0.2) is 36.4 Å². The van der Waals surface area contributed by atoms with Gasteiger partial charge in [-0.15, -0.1) is 0 Å². The molecule has 20 heavy (non-hydrogen) atoms. The van der Waals surface area contributed by atoms with Gasteiger partial charge in [0.05, 0.1) is 23.8 Å². The molecule has 6 heteroatoms. The number of carbonyl (C=O) groups excluding carboxylic acids is 2. The van der Waals surface area contributed by atoms with Gasteiger partial charge in [0.15, 0.2) is 0 Å². The summed E-state index contributed by atoms with van der Waals surface area (Å²) in [4.78, 5) is 23.3. The van der Waals surface area contributed by atoms with Gasteiger partial charge in [-0.05, 0) is 12.1 Å². The number of carbonyl (C=O) groups is 2. The number of anilines is 1. The van der Waals surface area contributed by atoms with Crippen molar-refractivity contribution in [2.45, 2.75) is 12.2 Å². The van der Waals surface area contributed by atoms with Crippen molar-refractivity contribution in [1.29, 1.82) is 0 Å². The standard InChI is InChI=1S/C14H12FNO4/c15-7-3-1-2-4-8(7)16-13(17)11-9-5-6-10(20-9)12(11)14(18)19/h1-6,9-12H,(H,16,17)(H,18,19)/p-1/t9-,10+,11-,12+/m1/s1. The van der Waals surface area contributed by atoms with E-state index in [-0.39, 0.29) is 5.69 Å². The summed E-state index contributed by atoms with van der Waals surface area (Å²) < 4.78 is 18.9. The molecule has 0 aromatic heterocycles. The normalized spacial score (nSPS) is 30.4. The number of rotatable bonds is 3. The fourth-order valence-corrected chi connectivity index (χ4v) is 2.68. The Morgan fingerprint density at radius 2 is 1.80 bits per heavy atom. The van der Waals surface area contributed by atoms with E-state index in [9.17, 15) is 19.1 Å². The second kappa shape index (κ2) is 4.72. The molecule has 0 spiro atoms. The largest absolute Gasteiger partial charge is 0.550 e. The van der Waals surface area contributed by atoms with E-state index in [4.69, 9.17) is 4.74 Å². The zero-order valence-electron chi connectivity index (χ0n) is 10.3. The predicted molar refractivity (Wildman–Crippen MR) is 64.8 cm³/mol. The van der Waals surface area contributed by atoms with E-state index in [2.05, 4.69) is 5.32 Å². The van der Waals surface area contributed by atoms with Crippen molar-refractivity contribution in [2.75, 3.05) is 5.32 Å². The van der Waals surface area contributed by atoms with Crippen LogP contribution < -0.4 is 10.4 Å². The zero-order chi connectivity index (χ0) is 14.3. The smallest absolute Gasteiger partial charge is 0.231 e. The van der Waals surface area contributed by atoms with Crippen LogP contribution in [0.5, 0.6) is 0 Å². The number of hydrogen-bond acceptors (Lipinski definition) is 4. The first-order chi connectivity index (χ1) is 9.58. The summed E-state index contributed by atoms with van der Waals surface area (Å²) >= 11 is 0. The molecule has 104 valence electrons. The minimum atomic E-state index is -1.34. The van der Waals surface area contributed by atoms with Crippen molar-refractivity contribution in [1.82, 2.24) is 0 Å². The number of carboxylic acid groups (broad SMARTS) is 1. The highest BCUT2D eigenvalue weighted by Gasteiger charge is 2.50. The first kappa shape index (κ1) is 12.8. The number of halogens is 1. The van der Waals surface area contributed by atoms with E-state index in [0.29, 0.717) is 0 Å². The minimum Gasteiger partial charge on any atom is -0.550 e. The molecule has 2 heterocycles. The molecule has 1 saturated heterocycles. The molecule has 0 saturated carbocycles. The molecular formula is C14H11FNO4-. The number of hydrogen-bond donors (Lipinski definition) is 1. The lowest BCUT2D eigenvalue weighted by Gasteiger charge is -2.25.